The molecule has 5 N–H and O–H groups in total. The van der Waals surface area contributed by atoms with Gasteiger partial charge in [0.05, 0.1) is 31.0 Å². The molecule has 288 valence electrons. The van der Waals surface area contributed by atoms with Gasteiger partial charge in [-0.2, -0.15) is 13.2 Å². The second-order valence-electron chi connectivity index (χ2n) is 12.1. The first-order valence-corrected chi connectivity index (χ1v) is 16.8. The molecule has 0 spiro atoms. The van der Waals surface area contributed by atoms with Crippen molar-refractivity contribution in [3.63, 3.8) is 0 Å². The average molecular weight is 754 g/mol. The van der Waals surface area contributed by atoms with E-state index < -0.39 is 35.8 Å². The molecule has 3 heterocycles. The highest BCUT2D eigenvalue weighted by atomic mass is 19.4. The number of hydrogen-bond acceptors (Lipinski definition) is 11. The number of fused-ring (bicyclic) bond motifs is 1. The Balaban J connectivity index is 0.00000209. The number of phenols is 1. The summed E-state index contributed by atoms with van der Waals surface area (Å²) in [5.41, 5.74) is 6.63. The standard InChI is InChI=1S/C35H39F3N8O5.CH3NO/c1-5-27(39-3)30(44-11-13-45(14-12-44)33(49)29-31(48)21(2)41-20-42-29)34(50)46(18-24-8-9-26(17-28(24)47)35(36,37)38)43-32(40-4)23-6-7-25-19-51-15-10-22(25)16-23;2-1-3/h6-9,16-17,20,39,47-48H,4-5,10-15,18-19H2,1-3H3;1H,(H2,2,3)/b30-27+,43-32-;. The molecule has 3 amide bonds. The van der Waals surface area contributed by atoms with Gasteiger partial charge in [0, 0.05) is 50.1 Å². The Morgan fingerprint density at radius 2 is 1.78 bits per heavy atom. The van der Waals surface area contributed by atoms with Crippen LogP contribution in [0.25, 0.3) is 0 Å². The molecule has 0 atom stereocenters. The van der Waals surface area contributed by atoms with E-state index in [1.54, 1.807) is 24.9 Å². The summed E-state index contributed by atoms with van der Waals surface area (Å²) in [4.78, 5) is 51.8. The lowest BCUT2D eigenvalue weighted by Gasteiger charge is -2.38. The first-order valence-electron chi connectivity index (χ1n) is 16.8. The van der Waals surface area contributed by atoms with Crippen molar-refractivity contribution < 1.29 is 42.5 Å². The molecule has 18 heteroatoms. The fourth-order valence-electron chi connectivity index (χ4n) is 5.93. The molecule has 1 saturated heterocycles. The number of nitrogens with zero attached hydrogens (tertiary/aromatic N) is 7. The van der Waals surface area contributed by atoms with E-state index >= 15 is 0 Å². The average Bonchev–Trinajstić information content (AvgIpc) is 3.16. The normalized spacial score (nSPS) is 14.9. The maximum absolute atomic E-state index is 14.7. The summed E-state index contributed by atoms with van der Waals surface area (Å²) >= 11 is 0. The van der Waals surface area contributed by atoms with Crippen molar-refractivity contribution in [2.45, 2.75) is 46.0 Å². The third-order valence-electron chi connectivity index (χ3n) is 8.80. The number of amidine groups is 1. The molecular formula is C36H42F3N9O6. The van der Waals surface area contributed by atoms with Crippen LogP contribution < -0.4 is 11.1 Å². The van der Waals surface area contributed by atoms with Gasteiger partial charge < -0.3 is 35.8 Å². The lowest BCUT2D eigenvalue weighted by atomic mass is 10.00. The Labute approximate surface area is 309 Å². The van der Waals surface area contributed by atoms with Crippen molar-refractivity contribution in [1.29, 1.82) is 0 Å². The van der Waals surface area contributed by atoms with Gasteiger partial charge in [0.1, 0.15) is 17.8 Å². The number of alkyl halides is 3. The number of aromatic hydroxyl groups is 2. The highest BCUT2D eigenvalue weighted by molar-refractivity contribution is 6.03. The van der Waals surface area contributed by atoms with Crippen LogP contribution in [0.5, 0.6) is 11.5 Å². The number of allylic oxidation sites excluding steroid dienone is 1. The van der Waals surface area contributed by atoms with Gasteiger partial charge in [-0.3, -0.25) is 14.4 Å². The summed E-state index contributed by atoms with van der Waals surface area (Å²) in [6.07, 6.45) is -2.18. The molecule has 2 aliphatic rings. The second kappa shape index (κ2) is 18.1. The third kappa shape index (κ3) is 9.49. The van der Waals surface area contributed by atoms with Crippen molar-refractivity contribution in [2.24, 2.45) is 15.8 Å². The molecule has 0 aliphatic carbocycles. The number of nitrogens with one attached hydrogen (secondary N) is 1. The van der Waals surface area contributed by atoms with Crippen molar-refractivity contribution in [3.8, 4) is 11.5 Å². The molecule has 2 aromatic carbocycles. The number of aliphatic imine (C=N–C) groups is 1. The monoisotopic (exact) mass is 753 g/mol. The van der Waals surface area contributed by atoms with Crippen LogP contribution in [0.2, 0.25) is 0 Å². The van der Waals surface area contributed by atoms with Gasteiger partial charge in [-0.15, -0.1) is 5.10 Å². The SMILES string of the molecule is C=N/C(=N\N(Cc1ccc(C(F)(F)F)cc1O)C(=O)/C(=C(/CC)NC)N1CCN(C(=O)c2ncnc(C)c2O)CC1)c1ccc2c(c1)CCOC2.NC=O. The number of ether oxygens (including phenoxy) is 1. The molecule has 54 heavy (non-hydrogen) atoms. The smallest absolute Gasteiger partial charge is 0.416 e. The second-order valence-corrected chi connectivity index (χ2v) is 12.1. The number of carbonyl (C=O) groups is 3. The fraction of sp³-hybridized carbons (Fsp3) is 0.361. The molecule has 1 fully saturated rings. The number of benzene rings is 2. The molecule has 0 radical (unpaired) electrons. The van der Waals surface area contributed by atoms with E-state index in [2.05, 4.69) is 37.8 Å². The van der Waals surface area contributed by atoms with E-state index in [9.17, 15) is 33.0 Å². The first-order chi connectivity index (χ1) is 25.8. The van der Waals surface area contributed by atoms with E-state index in [0.29, 0.717) is 43.4 Å². The largest absolute Gasteiger partial charge is 0.508 e. The number of aromatic nitrogens is 2. The van der Waals surface area contributed by atoms with E-state index in [-0.39, 0.29) is 66.8 Å². The minimum atomic E-state index is -4.69. The molecule has 15 nitrogen and oxygen atoms in total. The van der Waals surface area contributed by atoms with Crippen LogP contribution in [0.3, 0.4) is 0 Å². The number of halogens is 3. The molecule has 0 unspecified atom stereocenters. The van der Waals surface area contributed by atoms with Crippen LogP contribution in [0, 0.1) is 6.92 Å². The number of primary amides is 1. The summed E-state index contributed by atoms with van der Waals surface area (Å²) in [6.45, 7) is 8.46. The van der Waals surface area contributed by atoms with Crippen LogP contribution >= 0.6 is 0 Å². The summed E-state index contributed by atoms with van der Waals surface area (Å²) < 4.78 is 45.8. The van der Waals surface area contributed by atoms with Crippen molar-refractivity contribution >= 4 is 30.8 Å². The number of phenolic OH excluding ortho intramolecular Hbond substituents is 1. The lowest BCUT2D eigenvalue weighted by molar-refractivity contribution is -0.137. The quantitative estimate of drug-likeness (QED) is 0.0828. The number of aryl methyl sites for hydroxylation is 1. The summed E-state index contributed by atoms with van der Waals surface area (Å²) in [6, 6.07) is 8.07. The van der Waals surface area contributed by atoms with E-state index in [0.717, 1.165) is 28.3 Å². The number of piperazine rings is 1. The van der Waals surface area contributed by atoms with Crippen molar-refractivity contribution in [2.75, 3.05) is 39.8 Å². The van der Waals surface area contributed by atoms with Gasteiger partial charge in [0.2, 0.25) is 6.41 Å². The first kappa shape index (κ1) is 40.7. The Bertz CT molecular complexity index is 1920. The fourth-order valence-corrected chi connectivity index (χ4v) is 5.93. The minimum Gasteiger partial charge on any atom is -0.508 e. The number of rotatable bonds is 9. The van der Waals surface area contributed by atoms with Crippen LogP contribution in [-0.2, 0) is 40.1 Å². The van der Waals surface area contributed by atoms with Gasteiger partial charge >= 0.3 is 6.18 Å². The zero-order valence-corrected chi connectivity index (χ0v) is 30.1. The van der Waals surface area contributed by atoms with E-state index in [4.69, 9.17) is 9.53 Å². The van der Waals surface area contributed by atoms with Gasteiger partial charge in [0.25, 0.3) is 11.8 Å². The molecule has 0 saturated carbocycles. The Morgan fingerprint density at radius 1 is 1.09 bits per heavy atom. The number of hydrogen-bond donors (Lipinski definition) is 4. The summed E-state index contributed by atoms with van der Waals surface area (Å²) in [7, 11) is 1.66. The molecule has 1 aromatic heterocycles. The summed E-state index contributed by atoms with van der Waals surface area (Å²) in [5.74, 6) is -1.99. The predicted molar refractivity (Wildman–Crippen MR) is 192 cm³/mol. The highest BCUT2D eigenvalue weighted by Gasteiger charge is 2.34. The zero-order chi connectivity index (χ0) is 39.6. The molecule has 3 aromatic rings. The van der Waals surface area contributed by atoms with Crippen LogP contribution in [0.1, 0.15) is 57.3 Å². The number of hydrazone groups is 1. The highest BCUT2D eigenvalue weighted by Crippen LogP contribution is 2.33. The lowest BCUT2D eigenvalue weighted by Crippen LogP contribution is -2.51. The maximum Gasteiger partial charge on any atom is 0.416 e. The van der Waals surface area contributed by atoms with Gasteiger partial charge in [-0.25, -0.2) is 20.0 Å². The van der Waals surface area contributed by atoms with Crippen LogP contribution in [0.15, 0.2) is 64.2 Å². The zero-order valence-electron chi connectivity index (χ0n) is 30.1. The molecular weight excluding hydrogens is 711 g/mol. The minimum absolute atomic E-state index is 0.0170. The number of nitrogens with two attached hydrogens (primary N) is 1. The van der Waals surface area contributed by atoms with Gasteiger partial charge in [0.15, 0.2) is 17.3 Å². The number of carbonyl (C=O) groups excluding carboxylic acids is 3. The summed E-state index contributed by atoms with van der Waals surface area (Å²) in [5, 5.41) is 29.8. The molecule has 5 rings (SSSR count). The predicted octanol–water partition coefficient (Wildman–Crippen LogP) is 3.08. The Hall–Kier alpha value is -6.04. The Morgan fingerprint density at radius 3 is 2.39 bits per heavy atom. The van der Waals surface area contributed by atoms with Crippen molar-refractivity contribution in [1.82, 2.24) is 30.1 Å². The van der Waals surface area contributed by atoms with E-state index in [1.807, 2.05) is 19.1 Å². The molecule has 0 bridgehead atoms. The molecule has 2 aliphatic heterocycles. The van der Waals surface area contributed by atoms with Crippen LogP contribution in [-0.4, -0.2) is 106 Å². The van der Waals surface area contributed by atoms with Gasteiger partial charge in [-0.05, 0) is 55.8 Å². The Kier molecular flexibility index (Phi) is 13.7. The van der Waals surface area contributed by atoms with Gasteiger partial charge in [-0.1, -0.05) is 25.1 Å². The third-order valence-corrected chi connectivity index (χ3v) is 8.80. The van der Waals surface area contributed by atoms with Crippen LogP contribution in [0.4, 0.5) is 13.2 Å². The van der Waals surface area contributed by atoms with Crippen molar-refractivity contribution in [3.05, 3.63) is 93.3 Å². The number of amides is 3. The van der Waals surface area contributed by atoms with E-state index in [1.165, 1.54) is 11.2 Å². The maximum atomic E-state index is 14.7. The topological polar surface area (TPSA) is 199 Å².